The van der Waals surface area contributed by atoms with Crippen molar-refractivity contribution < 1.29 is 9.59 Å². The van der Waals surface area contributed by atoms with Gasteiger partial charge in [-0.05, 0) is 41.6 Å². The van der Waals surface area contributed by atoms with Crippen LogP contribution in [0.25, 0.3) is 10.8 Å². The van der Waals surface area contributed by atoms with E-state index in [2.05, 4.69) is 30.3 Å². The average molecular weight is 359 g/mol. The molecule has 0 aliphatic carbocycles. The number of rotatable bonds is 5. The number of para-hydroxylation sites is 1. The molecule has 5 heteroatoms. The van der Waals surface area contributed by atoms with Crippen LogP contribution in [0.1, 0.15) is 5.56 Å². The molecule has 1 heterocycles. The summed E-state index contributed by atoms with van der Waals surface area (Å²) in [5.41, 5.74) is 1.89. The highest BCUT2D eigenvalue weighted by Crippen LogP contribution is 2.21. The third-order valence-electron chi connectivity index (χ3n) is 4.77. The highest BCUT2D eigenvalue weighted by Gasteiger charge is 2.37. The second kappa shape index (κ2) is 7.21. The summed E-state index contributed by atoms with van der Waals surface area (Å²) in [6.07, 6.45) is 0. The number of urea groups is 1. The van der Waals surface area contributed by atoms with Gasteiger partial charge < -0.3 is 0 Å². The van der Waals surface area contributed by atoms with Gasteiger partial charge in [0.25, 0.3) is 5.91 Å². The molecule has 0 spiro atoms. The molecule has 1 fully saturated rings. The van der Waals surface area contributed by atoms with Crippen molar-refractivity contribution >= 4 is 28.4 Å². The van der Waals surface area contributed by atoms with Gasteiger partial charge in [-0.3, -0.25) is 14.6 Å². The molecule has 3 aromatic carbocycles. The van der Waals surface area contributed by atoms with Gasteiger partial charge in [0.15, 0.2) is 0 Å². The Kier molecular flexibility index (Phi) is 4.60. The lowest BCUT2D eigenvalue weighted by Crippen LogP contribution is -2.40. The zero-order valence-electron chi connectivity index (χ0n) is 15.2. The fourth-order valence-electron chi connectivity index (χ4n) is 3.43. The summed E-state index contributed by atoms with van der Waals surface area (Å²) >= 11 is 0. The van der Waals surface area contributed by atoms with Crippen LogP contribution in [-0.4, -0.2) is 42.0 Å². The molecule has 5 nitrogen and oxygen atoms in total. The van der Waals surface area contributed by atoms with Crippen molar-refractivity contribution in [1.82, 2.24) is 9.80 Å². The molecule has 136 valence electrons. The first kappa shape index (κ1) is 17.2. The lowest BCUT2D eigenvalue weighted by atomic mass is 10.1. The molecule has 0 N–H and O–H groups in total. The predicted octanol–water partition coefficient (Wildman–Crippen LogP) is 3.70. The Bertz CT molecular complexity index is 987. The van der Waals surface area contributed by atoms with Gasteiger partial charge in [0.1, 0.15) is 6.54 Å². The Morgan fingerprint density at radius 2 is 1.59 bits per heavy atom. The van der Waals surface area contributed by atoms with Crippen LogP contribution in [0.5, 0.6) is 0 Å². The molecule has 0 bridgehead atoms. The number of hydrogen-bond donors (Lipinski definition) is 0. The maximum atomic E-state index is 12.7. The molecule has 1 saturated heterocycles. The topological polar surface area (TPSA) is 43.9 Å². The summed E-state index contributed by atoms with van der Waals surface area (Å²) < 4.78 is 0. The highest BCUT2D eigenvalue weighted by atomic mass is 16.2. The van der Waals surface area contributed by atoms with Crippen LogP contribution in [0, 0.1) is 0 Å². The first-order chi connectivity index (χ1) is 13.1. The van der Waals surface area contributed by atoms with Crippen LogP contribution < -0.4 is 4.90 Å². The Hall–Kier alpha value is -3.18. The quantitative estimate of drug-likeness (QED) is 0.653. The van der Waals surface area contributed by atoms with E-state index in [9.17, 15) is 9.59 Å². The fourth-order valence-corrected chi connectivity index (χ4v) is 3.43. The number of benzene rings is 3. The van der Waals surface area contributed by atoms with Crippen LogP contribution in [-0.2, 0) is 11.3 Å². The number of imide groups is 1. The van der Waals surface area contributed by atoms with Gasteiger partial charge in [-0.25, -0.2) is 9.69 Å². The van der Waals surface area contributed by atoms with Crippen molar-refractivity contribution in [3.63, 3.8) is 0 Å². The number of carbonyl (C=O) groups excluding carboxylic acids is 2. The van der Waals surface area contributed by atoms with E-state index >= 15 is 0 Å². The number of fused-ring (bicyclic) bond motifs is 1. The molecule has 0 aromatic heterocycles. The van der Waals surface area contributed by atoms with Crippen LogP contribution in [0.2, 0.25) is 0 Å². The molecule has 0 saturated carbocycles. The summed E-state index contributed by atoms with van der Waals surface area (Å²) in [6, 6.07) is 23.6. The van der Waals surface area contributed by atoms with Gasteiger partial charge >= 0.3 is 6.03 Å². The van der Waals surface area contributed by atoms with Crippen LogP contribution in [0.4, 0.5) is 10.5 Å². The van der Waals surface area contributed by atoms with Gasteiger partial charge in [0.2, 0.25) is 0 Å². The number of hydrogen-bond acceptors (Lipinski definition) is 3. The SMILES string of the molecule is CN(Cc1ccc2ccccc2c1)CN1C(=O)CN(c2ccccc2)C1=O. The van der Waals surface area contributed by atoms with Crippen molar-refractivity contribution in [2.75, 3.05) is 25.2 Å². The normalized spacial score (nSPS) is 14.6. The summed E-state index contributed by atoms with van der Waals surface area (Å²) in [5.74, 6) is -0.172. The van der Waals surface area contributed by atoms with Gasteiger partial charge in [0, 0.05) is 12.2 Å². The van der Waals surface area contributed by atoms with Crippen molar-refractivity contribution in [3.8, 4) is 0 Å². The summed E-state index contributed by atoms with van der Waals surface area (Å²) in [7, 11) is 1.92. The lowest BCUT2D eigenvalue weighted by molar-refractivity contribution is -0.126. The molecular formula is C22H21N3O2. The van der Waals surface area contributed by atoms with E-state index in [-0.39, 0.29) is 25.2 Å². The van der Waals surface area contributed by atoms with Gasteiger partial charge in [0.05, 0.1) is 6.67 Å². The zero-order valence-corrected chi connectivity index (χ0v) is 15.2. The maximum Gasteiger partial charge on any atom is 0.332 e. The molecule has 1 aliphatic rings. The van der Waals surface area contributed by atoms with Crippen molar-refractivity contribution in [2.45, 2.75) is 6.54 Å². The highest BCUT2D eigenvalue weighted by molar-refractivity contribution is 6.12. The Morgan fingerprint density at radius 1 is 0.889 bits per heavy atom. The summed E-state index contributed by atoms with van der Waals surface area (Å²) in [4.78, 5) is 29.9. The number of amides is 3. The van der Waals surface area contributed by atoms with Crippen molar-refractivity contribution in [2.24, 2.45) is 0 Å². The maximum absolute atomic E-state index is 12.7. The minimum absolute atomic E-state index is 0.0899. The molecule has 1 aliphatic heterocycles. The predicted molar refractivity (Wildman–Crippen MR) is 106 cm³/mol. The second-order valence-corrected chi connectivity index (χ2v) is 6.86. The van der Waals surface area contributed by atoms with E-state index in [0.717, 1.165) is 11.3 Å². The Morgan fingerprint density at radius 3 is 2.37 bits per heavy atom. The zero-order chi connectivity index (χ0) is 18.8. The molecule has 4 rings (SSSR count). The first-order valence-corrected chi connectivity index (χ1v) is 8.95. The number of anilines is 1. The molecule has 3 aromatic rings. The average Bonchev–Trinajstić information content (AvgIpc) is 2.97. The third kappa shape index (κ3) is 3.55. The van der Waals surface area contributed by atoms with E-state index in [1.165, 1.54) is 20.6 Å². The van der Waals surface area contributed by atoms with E-state index in [1.54, 1.807) is 0 Å². The molecule has 0 atom stereocenters. The third-order valence-corrected chi connectivity index (χ3v) is 4.77. The van der Waals surface area contributed by atoms with E-state index < -0.39 is 0 Å². The number of carbonyl (C=O) groups is 2. The first-order valence-electron chi connectivity index (χ1n) is 8.95. The molecular weight excluding hydrogens is 338 g/mol. The van der Waals surface area contributed by atoms with E-state index in [1.807, 2.05) is 54.4 Å². The fraction of sp³-hybridized carbons (Fsp3) is 0.182. The smallest absolute Gasteiger partial charge is 0.285 e. The molecule has 3 amide bonds. The second-order valence-electron chi connectivity index (χ2n) is 6.86. The minimum atomic E-state index is -0.267. The van der Waals surface area contributed by atoms with Gasteiger partial charge in [-0.2, -0.15) is 0 Å². The monoisotopic (exact) mass is 359 g/mol. The van der Waals surface area contributed by atoms with Crippen LogP contribution in [0.15, 0.2) is 72.8 Å². The van der Waals surface area contributed by atoms with E-state index in [4.69, 9.17) is 0 Å². The van der Waals surface area contributed by atoms with Gasteiger partial charge in [-0.15, -0.1) is 0 Å². The number of nitrogens with zero attached hydrogens (tertiary/aromatic N) is 3. The van der Waals surface area contributed by atoms with Crippen LogP contribution >= 0.6 is 0 Å². The Balaban J connectivity index is 1.44. The largest absolute Gasteiger partial charge is 0.332 e. The van der Waals surface area contributed by atoms with Gasteiger partial charge in [-0.1, -0.05) is 54.6 Å². The molecule has 0 unspecified atom stereocenters. The summed E-state index contributed by atoms with van der Waals surface area (Å²) in [6.45, 7) is 1.02. The van der Waals surface area contributed by atoms with Crippen molar-refractivity contribution in [1.29, 1.82) is 0 Å². The molecule has 0 radical (unpaired) electrons. The minimum Gasteiger partial charge on any atom is -0.285 e. The molecule has 27 heavy (non-hydrogen) atoms. The lowest BCUT2D eigenvalue weighted by Gasteiger charge is -2.23. The summed E-state index contributed by atoms with van der Waals surface area (Å²) in [5, 5.41) is 2.39. The Labute approximate surface area is 158 Å². The van der Waals surface area contributed by atoms with Crippen LogP contribution in [0.3, 0.4) is 0 Å². The van der Waals surface area contributed by atoms with Crippen molar-refractivity contribution in [3.05, 3.63) is 78.4 Å². The standard InChI is InChI=1S/C22H21N3O2/c1-23(14-17-11-12-18-7-5-6-8-19(18)13-17)16-25-21(26)15-24(22(25)27)20-9-3-2-4-10-20/h2-13H,14-16H2,1H3. The van der Waals surface area contributed by atoms with E-state index in [0.29, 0.717) is 6.54 Å².